The van der Waals surface area contributed by atoms with Crippen LogP contribution in [0.2, 0.25) is 0 Å². The zero-order valence-corrected chi connectivity index (χ0v) is 18.4. The van der Waals surface area contributed by atoms with Gasteiger partial charge in [0, 0.05) is 23.9 Å². The maximum Gasteiger partial charge on any atom is 0.230 e. The highest BCUT2D eigenvalue weighted by molar-refractivity contribution is 7.99. The summed E-state index contributed by atoms with van der Waals surface area (Å²) in [5.41, 5.74) is 5.19. The molecular formula is C23H25N3O3S. The molecule has 0 saturated carbocycles. The molecule has 0 fully saturated rings. The summed E-state index contributed by atoms with van der Waals surface area (Å²) in [6.45, 7) is 4.51. The molecule has 1 aromatic heterocycles. The van der Waals surface area contributed by atoms with Gasteiger partial charge in [0.2, 0.25) is 5.91 Å². The van der Waals surface area contributed by atoms with Crippen molar-refractivity contribution in [3.63, 3.8) is 0 Å². The molecule has 0 aliphatic heterocycles. The van der Waals surface area contributed by atoms with E-state index in [1.807, 2.05) is 30.3 Å². The summed E-state index contributed by atoms with van der Waals surface area (Å²) >= 11 is 1.31. The molecule has 0 unspecified atom stereocenters. The summed E-state index contributed by atoms with van der Waals surface area (Å²) in [6.07, 6.45) is 1.72. The molecule has 3 aromatic rings. The summed E-state index contributed by atoms with van der Waals surface area (Å²) in [7, 11) is 3.17. The van der Waals surface area contributed by atoms with Gasteiger partial charge in [-0.3, -0.25) is 4.79 Å². The lowest BCUT2D eigenvalue weighted by molar-refractivity contribution is -0.118. The molecule has 7 heteroatoms. The maximum absolute atomic E-state index is 12.3. The summed E-state index contributed by atoms with van der Waals surface area (Å²) in [5, 5.41) is 3.47. The van der Waals surface area contributed by atoms with Crippen molar-refractivity contribution in [2.24, 2.45) is 0 Å². The fourth-order valence-corrected chi connectivity index (χ4v) is 3.60. The summed E-state index contributed by atoms with van der Waals surface area (Å²) < 4.78 is 10.7. The van der Waals surface area contributed by atoms with E-state index in [4.69, 9.17) is 9.47 Å². The molecule has 0 aliphatic carbocycles. The molecule has 0 saturated heterocycles. The van der Waals surface area contributed by atoms with Gasteiger partial charge in [-0.2, -0.15) is 0 Å². The van der Waals surface area contributed by atoms with Crippen LogP contribution in [0.1, 0.15) is 16.7 Å². The van der Waals surface area contributed by atoms with Crippen LogP contribution in [0.25, 0.3) is 11.3 Å². The number of para-hydroxylation sites is 1. The van der Waals surface area contributed by atoms with Crippen molar-refractivity contribution in [3.05, 3.63) is 65.4 Å². The van der Waals surface area contributed by atoms with Crippen molar-refractivity contribution < 1.29 is 14.3 Å². The van der Waals surface area contributed by atoms with Crippen molar-refractivity contribution in [2.45, 2.75) is 25.5 Å². The monoisotopic (exact) mass is 423 g/mol. The topological polar surface area (TPSA) is 73.3 Å². The summed E-state index contributed by atoms with van der Waals surface area (Å²) in [5.74, 6) is 1.38. The van der Waals surface area contributed by atoms with Gasteiger partial charge in [-0.25, -0.2) is 9.97 Å². The van der Waals surface area contributed by atoms with Crippen LogP contribution in [0.5, 0.6) is 11.5 Å². The number of aryl methyl sites for hydroxylation is 2. The Labute approximate surface area is 181 Å². The van der Waals surface area contributed by atoms with E-state index in [0.717, 1.165) is 16.8 Å². The Morgan fingerprint density at radius 1 is 1.07 bits per heavy atom. The van der Waals surface area contributed by atoms with E-state index in [0.29, 0.717) is 23.2 Å². The third-order valence-corrected chi connectivity index (χ3v) is 5.59. The fourth-order valence-electron chi connectivity index (χ4n) is 2.94. The highest BCUT2D eigenvalue weighted by Crippen LogP contribution is 2.30. The molecule has 0 atom stereocenters. The molecule has 1 heterocycles. The molecule has 3 rings (SSSR count). The number of aromatic nitrogens is 2. The average molecular weight is 424 g/mol. The number of hydrogen-bond acceptors (Lipinski definition) is 6. The number of carbonyl (C=O) groups is 1. The van der Waals surface area contributed by atoms with Gasteiger partial charge in [0.1, 0.15) is 0 Å². The van der Waals surface area contributed by atoms with E-state index in [2.05, 4.69) is 41.3 Å². The molecule has 0 spiro atoms. The number of ether oxygens (including phenoxy) is 2. The number of thioether (sulfide) groups is 1. The number of hydrogen-bond donors (Lipinski definition) is 1. The van der Waals surface area contributed by atoms with Gasteiger partial charge in [-0.15, -0.1) is 0 Å². The third kappa shape index (κ3) is 5.30. The standard InChI is InChI=1S/C23H25N3O3S/c1-15-8-9-17(12-16(15)2)19-10-11-24-23(26-19)30-14-21(27)25-13-18-6-5-7-20(28-3)22(18)29-4/h5-12H,13-14H2,1-4H3,(H,25,27). The first-order chi connectivity index (χ1) is 14.5. The molecule has 0 bridgehead atoms. The van der Waals surface area contributed by atoms with Gasteiger partial charge in [0.15, 0.2) is 16.7 Å². The second kappa shape index (κ2) is 10.1. The Balaban J connectivity index is 1.60. The van der Waals surface area contributed by atoms with Crippen LogP contribution in [0.3, 0.4) is 0 Å². The minimum Gasteiger partial charge on any atom is -0.493 e. The van der Waals surface area contributed by atoms with Crippen molar-refractivity contribution in [1.29, 1.82) is 0 Å². The maximum atomic E-state index is 12.3. The van der Waals surface area contributed by atoms with Crippen LogP contribution < -0.4 is 14.8 Å². The molecular weight excluding hydrogens is 398 g/mol. The quantitative estimate of drug-likeness (QED) is 0.433. The van der Waals surface area contributed by atoms with Crippen molar-refractivity contribution >= 4 is 17.7 Å². The first kappa shape index (κ1) is 21.6. The highest BCUT2D eigenvalue weighted by Gasteiger charge is 2.11. The summed E-state index contributed by atoms with van der Waals surface area (Å²) in [6, 6.07) is 13.7. The molecule has 1 N–H and O–H groups in total. The first-order valence-corrected chi connectivity index (χ1v) is 10.5. The predicted octanol–water partition coefficient (Wildman–Crippen LogP) is 4.19. The third-order valence-electron chi connectivity index (χ3n) is 4.73. The molecule has 1 amide bonds. The van der Waals surface area contributed by atoms with Crippen molar-refractivity contribution in [2.75, 3.05) is 20.0 Å². The Kier molecular flexibility index (Phi) is 7.30. The normalized spacial score (nSPS) is 10.5. The number of carbonyl (C=O) groups excluding carboxylic acids is 1. The Hall–Kier alpha value is -3.06. The first-order valence-electron chi connectivity index (χ1n) is 9.52. The molecule has 2 aromatic carbocycles. The molecule has 6 nitrogen and oxygen atoms in total. The zero-order chi connectivity index (χ0) is 21.5. The Morgan fingerprint density at radius 3 is 2.63 bits per heavy atom. The smallest absolute Gasteiger partial charge is 0.230 e. The molecule has 0 aliphatic rings. The van der Waals surface area contributed by atoms with Gasteiger partial charge in [-0.1, -0.05) is 36.0 Å². The van der Waals surface area contributed by atoms with Crippen LogP contribution in [0.15, 0.2) is 53.8 Å². The van der Waals surface area contributed by atoms with E-state index in [1.165, 1.54) is 22.9 Å². The van der Waals surface area contributed by atoms with E-state index in [-0.39, 0.29) is 11.7 Å². The van der Waals surface area contributed by atoms with Gasteiger partial charge in [0.05, 0.1) is 25.7 Å². The van der Waals surface area contributed by atoms with Gasteiger partial charge in [0.25, 0.3) is 0 Å². The Morgan fingerprint density at radius 2 is 1.90 bits per heavy atom. The van der Waals surface area contributed by atoms with Crippen LogP contribution in [0.4, 0.5) is 0 Å². The summed E-state index contributed by atoms with van der Waals surface area (Å²) in [4.78, 5) is 21.2. The zero-order valence-electron chi connectivity index (χ0n) is 17.6. The molecule has 0 radical (unpaired) electrons. The van der Waals surface area contributed by atoms with E-state index in [1.54, 1.807) is 20.4 Å². The minimum absolute atomic E-state index is 0.106. The van der Waals surface area contributed by atoms with Crippen LogP contribution in [-0.4, -0.2) is 35.8 Å². The second-order valence-electron chi connectivity index (χ2n) is 6.74. The minimum atomic E-state index is -0.106. The number of rotatable bonds is 8. The number of nitrogens with one attached hydrogen (secondary N) is 1. The number of methoxy groups -OCH3 is 2. The van der Waals surface area contributed by atoms with Crippen LogP contribution in [-0.2, 0) is 11.3 Å². The SMILES string of the molecule is COc1cccc(CNC(=O)CSc2nccc(-c3ccc(C)c(C)c3)n2)c1OC. The van der Waals surface area contributed by atoms with Gasteiger partial charge in [-0.05, 0) is 43.2 Å². The second-order valence-corrected chi connectivity index (χ2v) is 7.68. The Bertz CT molecular complexity index is 1040. The van der Waals surface area contributed by atoms with E-state index in [9.17, 15) is 4.79 Å². The van der Waals surface area contributed by atoms with Crippen LogP contribution in [0, 0.1) is 13.8 Å². The predicted molar refractivity (Wildman–Crippen MR) is 119 cm³/mol. The largest absolute Gasteiger partial charge is 0.493 e. The molecule has 30 heavy (non-hydrogen) atoms. The van der Waals surface area contributed by atoms with Gasteiger partial charge < -0.3 is 14.8 Å². The van der Waals surface area contributed by atoms with E-state index < -0.39 is 0 Å². The fraction of sp³-hybridized carbons (Fsp3) is 0.261. The lowest BCUT2D eigenvalue weighted by atomic mass is 10.0. The van der Waals surface area contributed by atoms with Crippen molar-refractivity contribution in [1.82, 2.24) is 15.3 Å². The van der Waals surface area contributed by atoms with Crippen molar-refractivity contribution in [3.8, 4) is 22.8 Å². The van der Waals surface area contributed by atoms with Crippen LogP contribution >= 0.6 is 11.8 Å². The average Bonchev–Trinajstić information content (AvgIpc) is 2.77. The number of benzene rings is 2. The lowest BCUT2D eigenvalue weighted by Gasteiger charge is -2.13. The highest BCUT2D eigenvalue weighted by atomic mass is 32.2. The number of amides is 1. The number of nitrogens with zero attached hydrogens (tertiary/aromatic N) is 2. The lowest BCUT2D eigenvalue weighted by Crippen LogP contribution is -2.25. The molecule has 156 valence electrons. The van der Waals surface area contributed by atoms with Gasteiger partial charge >= 0.3 is 0 Å². The van der Waals surface area contributed by atoms with E-state index >= 15 is 0 Å².